The molecule has 1 aromatic carbocycles. The molecular weight excluding hydrogens is 258 g/mol. The van der Waals surface area contributed by atoms with E-state index in [0.29, 0.717) is 16.5 Å². The largest absolute Gasteiger partial charge is 0.393 e. The van der Waals surface area contributed by atoms with E-state index in [9.17, 15) is 14.7 Å². The van der Waals surface area contributed by atoms with Gasteiger partial charge in [-0.2, -0.15) is 0 Å². The Hall–Kier alpha value is -2.08. The molecule has 1 fully saturated rings. The molecule has 3 rings (SSSR count). The van der Waals surface area contributed by atoms with Gasteiger partial charge < -0.3 is 10.4 Å². The molecule has 0 bridgehead atoms. The van der Waals surface area contributed by atoms with E-state index in [0.717, 1.165) is 25.7 Å². The molecule has 4 N–H and O–H groups in total. The van der Waals surface area contributed by atoms with Crippen molar-refractivity contribution in [3.8, 4) is 0 Å². The lowest BCUT2D eigenvalue weighted by Crippen LogP contribution is -2.29. The molecule has 2 aromatic rings. The van der Waals surface area contributed by atoms with Crippen molar-refractivity contribution in [3.05, 3.63) is 38.9 Å². The van der Waals surface area contributed by atoms with Crippen molar-refractivity contribution in [2.24, 2.45) is 0 Å². The number of fused-ring (bicyclic) bond motifs is 1. The minimum absolute atomic E-state index is 0.216. The summed E-state index contributed by atoms with van der Waals surface area (Å²) in [5.74, 6) is 0. The monoisotopic (exact) mass is 275 g/mol. The number of hydrogen-bond donors (Lipinski definition) is 4. The molecule has 6 heteroatoms. The molecule has 1 saturated carbocycles. The molecule has 106 valence electrons. The summed E-state index contributed by atoms with van der Waals surface area (Å²) in [7, 11) is 0. The van der Waals surface area contributed by atoms with Crippen LogP contribution >= 0.6 is 0 Å². The fourth-order valence-corrected chi connectivity index (χ4v) is 2.79. The number of benzene rings is 1. The number of aliphatic hydroxyl groups excluding tert-OH is 1. The van der Waals surface area contributed by atoms with Crippen molar-refractivity contribution < 1.29 is 5.11 Å². The summed E-state index contributed by atoms with van der Waals surface area (Å²) in [6.45, 7) is 0. The van der Waals surface area contributed by atoms with E-state index in [4.69, 9.17) is 0 Å². The van der Waals surface area contributed by atoms with Crippen LogP contribution in [0.3, 0.4) is 0 Å². The average molecular weight is 275 g/mol. The van der Waals surface area contributed by atoms with Gasteiger partial charge in [0.1, 0.15) is 0 Å². The minimum atomic E-state index is -0.307. The third kappa shape index (κ3) is 2.34. The Morgan fingerprint density at radius 1 is 1.05 bits per heavy atom. The van der Waals surface area contributed by atoms with Crippen molar-refractivity contribution in [1.82, 2.24) is 10.2 Å². The zero-order valence-corrected chi connectivity index (χ0v) is 11.0. The molecule has 0 amide bonds. The zero-order chi connectivity index (χ0) is 14.1. The molecule has 0 atom stereocenters. The highest BCUT2D eigenvalue weighted by atomic mass is 16.3. The van der Waals surface area contributed by atoms with Crippen LogP contribution in [0.25, 0.3) is 10.8 Å². The third-order valence-electron chi connectivity index (χ3n) is 3.88. The lowest BCUT2D eigenvalue weighted by atomic mass is 9.93. The number of aromatic amines is 2. The number of nitrogens with one attached hydrogen (secondary N) is 3. The van der Waals surface area contributed by atoms with Crippen LogP contribution < -0.4 is 16.4 Å². The standard InChI is InChI=1S/C14H17N3O3/c18-9-6-4-8(5-7-9)15-11-3-1-2-10-12(11)14(20)17-16-13(10)19/h1-3,8-9,15,18H,4-7H2,(H,16,19)(H,17,20). The first kappa shape index (κ1) is 12.9. The second kappa shape index (κ2) is 5.13. The Bertz CT molecular complexity index is 726. The molecule has 1 aliphatic rings. The van der Waals surface area contributed by atoms with E-state index in [1.54, 1.807) is 12.1 Å². The zero-order valence-electron chi connectivity index (χ0n) is 11.0. The highest BCUT2D eigenvalue weighted by Gasteiger charge is 2.20. The highest BCUT2D eigenvalue weighted by Crippen LogP contribution is 2.24. The Kier molecular flexibility index (Phi) is 3.31. The normalized spacial score (nSPS) is 22.9. The summed E-state index contributed by atoms with van der Waals surface area (Å²) in [6, 6.07) is 5.43. The molecular formula is C14H17N3O3. The summed E-state index contributed by atoms with van der Waals surface area (Å²) in [5.41, 5.74) is 0.0668. The average Bonchev–Trinajstić information content (AvgIpc) is 2.46. The smallest absolute Gasteiger partial charge is 0.272 e. The Labute approximate surface area is 114 Å². The number of hydrogen-bond acceptors (Lipinski definition) is 4. The summed E-state index contributed by atoms with van der Waals surface area (Å²) < 4.78 is 0. The van der Waals surface area contributed by atoms with E-state index in [1.807, 2.05) is 6.07 Å². The molecule has 1 aliphatic carbocycles. The second-order valence-corrected chi connectivity index (χ2v) is 5.29. The first-order valence-corrected chi connectivity index (χ1v) is 6.83. The molecule has 1 aromatic heterocycles. The Morgan fingerprint density at radius 2 is 1.75 bits per heavy atom. The number of anilines is 1. The van der Waals surface area contributed by atoms with Crippen LogP contribution in [0.2, 0.25) is 0 Å². The third-order valence-corrected chi connectivity index (χ3v) is 3.88. The van der Waals surface area contributed by atoms with E-state index in [1.165, 1.54) is 0 Å². The maximum atomic E-state index is 11.9. The summed E-state index contributed by atoms with van der Waals surface area (Å²) >= 11 is 0. The quantitative estimate of drug-likeness (QED) is 0.655. The molecule has 1 heterocycles. The molecule has 20 heavy (non-hydrogen) atoms. The molecule has 0 aliphatic heterocycles. The van der Waals surface area contributed by atoms with Crippen molar-refractivity contribution in [3.63, 3.8) is 0 Å². The number of rotatable bonds is 2. The van der Waals surface area contributed by atoms with E-state index < -0.39 is 0 Å². The van der Waals surface area contributed by atoms with Crippen molar-refractivity contribution in [2.45, 2.75) is 37.8 Å². The van der Waals surface area contributed by atoms with Crippen molar-refractivity contribution >= 4 is 16.5 Å². The van der Waals surface area contributed by atoms with Gasteiger partial charge in [-0.15, -0.1) is 0 Å². The summed E-state index contributed by atoms with van der Waals surface area (Å²) in [6.07, 6.45) is 3.03. The molecule has 0 saturated heterocycles. The lowest BCUT2D eigenvalue weighted by Gasteiger charge is -2.27. The van der Waals surface area contributed by atoms with Gasteiger partial charge in [-0.1, -0.05) is 6.07 Å². The lowest BCUT2D eigenvalue weighted by molar-refractivity contribution is 0.126. The molecule has 6 nitrogen and oxygen atoms in total. The highest BCUT2D eigenvalue weighted by molar-refractivity contribution is 5.92. The van der Waals surface area contributed by atoms with Gasteiger partial charge in [-0.05, 0) is 37.8 Å². The second-order valence-electron chi connectivity index (χ2n) is 5.29. The van der Waals surface area contributed by atoms with Gasteiger partial charge in [0, 0.05) is 11.7 Å². The van der Waals surface area contributed by atoms with Crippen LogP contribution in [0.1, 0.15) is 25.7 Å². The van der Waals surface area contributed by atoms with Crippen LogP contribution in [0.5, 0.6) is 0 Å². The minimum Gasteiger partial charge on any atom is -0.393 e. The van der Waals surface area contributed by atoms with Crippen molar-refractivity contribution in [1.29, 1.82) is 0 Å². The predicted molar refractivity (Wildman–Crippen MR) is 77.1 cm³/mol. The fraction of sp³-hybridized carbons (Fsp3) is 0.429. The van der Waals surface area contributed by atoms with Crippen LogP contribution in [-0.4, -0.2) is 27.4 Å². The molecule has 0 spiro atoms. The molecule has 0 radical (unpaired) electrons. The number of H-pyrrole nitrogens is 2. The predicted octanol–water partition coefficient (Wildman–Crippen LogP) is 0.932. The van der Waals surface area contributed by atoms with Crippen LogP contribution in [0, 0.1) is 0 Å². The SMILES string of the molecule is O=c1[nH][nH]c(=O)c2c(NC3CCC(O)CC3)cccc12. The Morgan fingerprint density at radius 3 is 2.50 bits per heavy atom. The number of aliphatic hydroxyl groups is 1. The van der Waals surface area contributed by atoms with Crippen LogP contribution in [0.4, 0.5) is 5.69 Å². The fourth-order valence-electron chi connectivity index (χ4n) is 2.79. The summed E-state index contributed by atoms with van der Waals surface area (Å²) in [4.78, 5) is 23.7. The van der Waals surface area contributed by atoms with Gasteiger partial charge in [0.25, 0.3) is 11.1 Å². The van der Waals surface area contributed by atoms with Crippen LogP contribution in [0.15, 0.2) is 27.8 Å². The maximum absolute atomic E-state index is 11.9. The van der Waals surface area contributed by atoms with E-state index >= 15 is 0 Å². The van der Waals surface area contributed by atoms with Gasteiger partial charge in [0.05, 0.1) is 16.9 Å². The van der Waals surface area contributed by atoms with E-state index in [2.05, 4.69) is 15.5 Å². The number of aromatic nitrogens is 2. The molecule has 0 unspecified atom stereocenters. The van der Waals surface area contributed by atoms with Gasteiger partial charge in [-0.3, -0.25) is 19.8 Å². The van der Waals surface area contributed by atoms with Crippen LogP contribution in [-0.2, 0) is 0 Å². The van der Waals surface area contributed by atoms with Gasteiger partial charge in [0.2, 0.25) is 0 Å². The maximum Gasteiger partial charge on any atom is 0.272 e. The van der Waals surface area contributed by atoms with Gasteiger partial charge in [0.15, 0.2) is 0 Å². The summed E-state index contributed by atoms with van der Waals surface area (Å²) in [5, 5.41) is 18.3. The first-order valence-electron chi connectivity index (χ1n) is 6.83. The first-order chi connectivity index (χ1) is 9.65. The topological polar surface area (TPSA) is 98.0 Å². The Balaban J connectivity index is 1.98. The van der Waals surface area contributed by atoms with Gasteiger partial charge >= 0.3 is 0 Å². The van der Waals surface area contributed by atoms with Gasteiger partial charge in [-0.25, -0.2) is 0 Å². The van der Waals surface area contributed by atoms with Crippen molar-refractivity contribution in [2.75, 3.05) is 5.32 Å². The van der Waals surface area contributed by atoms with E-state index in [-0.39, 0.29) is 23.3 Å².